The zero-order valence-corrected chi connectivity index (χ0v) is 9.20. The van der Waals surface area contributed by atoms with Gasteiger partial charge in [0.15, 0.2) is 0 Å². The fraction of sp³-hybridized carbons (Fsp3) is 0.429. The number of rotatable bonds is 1. The van der Waals surface area contributed by atoms with E-state index in [2.05, 4.69) is 25.7 Å². The summed E-state index contributed by atoms with van der Waals surface area (Å²) in [7, 11) is 0. The second-order valence-electron chi connectivity index (χ2n) is 4.59. The topological polar surface area (TPSA) is 20.2 Å². The molecule has 0 aliphatic heterocycles. The van der Waals surface area contributed by atoms with Gasteiger partial charge >= 0.3 is 0 Å². The van der Waals surface area contributed by atoms with Crippen LogP contribution in [0.15, 0.2) is 30.3 Å². The molecular formula is C14H16O. The quantitative estimate of drug-likeness (QED) is 0.690. The fourth-order valence-electron chi connectivity index (χ4n) is 1.91. The second-order valence-corrected chi connectivity index (χ2v) is 4.59. The monoisotopic (exact) mass is 200 g/mol. The van der Waals surface area contributed by atoms with Crippen LogP contribution in [0.4, 0.5) is 0 Å². The molecule has 1 aromatic rings. The Kier molecular flexibility index (Phi) is 2.54. The zero-order chi connectivity index (χ0) is 10.9. The molecule has 1 heteroatoms. The molecule has 0 amide bonds. The normalized spacial score (nSPS) is 28.4. The van der Waals surface area contributed by atoms with Gasteiger partial charge in [-0.2, -0.15) is 0 Å². The van der Waals surface area contributed by atoms with E-state index in [0.29, 0.717) is 11.8 Å². The largest absolute Gasteiger partial charge is 0.377 e. The highest BCUT2D eigenvalue weighted by molar-refractivity contribution is 5.38. The van der Waals surface area contributed by atoms with Crippen molar-refractivity contribution < 1.29 is 5.11 Å². The highest BCUT2D eigenvalue weighted by Gasteiger charge is 2.53. The van der Waals surface area contributed by atoms with Crippen LogP contribution in [0.5, 0.6) is 0 Å². The molecule has 15 heavy (non-hydrogen) atoms. The van der Waals surface area contributed by atoms with Crippen molar-refractivity contribution in [2.45, 2.75) is 25.9 Å². The van der Waals surface area contributed by atoms with Crippen molar-refractivity contribution in [1.29, 1.82) is 0 Å². The molecule has 2 rings (SSSR count). The van der Waals surface area contributed by atoms with Crippen molar-refractivity contribution >= 4 is 0 Å². The Labute approximate surface area is 91.1 Å². The maximum absolute atomic E-state index is 10.0. The predicted molar refractivity (Wildman–Crippen MR) is 61.2 cm³/mol. The minimum atomic E-state index is -0.718. The first kappa shape index (κ1) is 10.3. The molecule has 0 aromatic heterocycles. The lowest BCUT2D eigenvalue weighted by Gasteiger charge is -2.04. The Bertz CT molecular complexity index is 396. The van der Waals surface area contributed by atoms with Gasteiger partial charge in [-0.25, -0.2) is 0 Å². The Morgan fingerprint density at radius 1 is 1.33 bits per heavy atom. The van der Waals surface area contributed by atoms with E-state index < -0.39 is 5.60 Å². The van der Waals surface area contributed by atoms with E-state index in [9.17, 15) is 5.11 Å². The third kappa shape index (κ3) is 2.22. The minimum Gasteiger partial charge on any atom is -0.377 e. The predicted octanol–water partition coefficient (Wildman–Crippen LogP) is 2.45. The van der Waals surface area contributed by atoms with Gasteiger partial charge in [0.05, 0.1) is 0 Å². The van der Waals surface area contributed by atoms with Gasteiger partial charge in [0.25, 0.3) is 0 Å². The van der Waals surface area contributed by atoms with Crippen molar-refractivity contribution in [3.8, 4) is 11.8 Å². The van der Waals surface area contributed by atoms with Crippen molar-refractivity contribution in [2.24, 2.45) is 11.8 Å². The van der Waals surface area contributed by atoms with Gasteiger partial charge in [-0.1, -0.05) is 43.9 Å². The van der Waals surface area contributed by atoms with Crippen LogP contribution < -0.4 is 0 Å². The summed E-state index contributed by atoms with van der Waals surface area (Å²) in [6.07, 6.45) is 0.824. The van der Waals surface area contributed by atoms with E-state index in [0.717, 1.165) is 12.0 Å². The molecule has 1 N–H and O–H groups in total. The first-order valence-electron chi connectivity index (χ1n) is 5.42. The summed E-state index contributed by atoms with van der Waals surface area (Å²) in [6, 6.07) is 9.81. The highest BCUT2D eigenvalue weighted by Crippen LogP contribution is 2.47. The van der Waals surface area contributed by atoms with Gasteiger partial charge in [-0.15, -0.1) is 0 Å². The van der Waals surface area contributed by atoms with Crippen LogP contribution >= 0.6 is 0 Å². The fourth-order valence-corrected chi connectivity index (χ4v) is 1.91. The first-order valence-corrected chi connectivity index (χ1v) is 5.42. The third-order valence-corrected chi connectivity index (χ3v) is 2.99. The summed E-state index contributed by atoms with van der Waals surface area (Å²) in [5, 5.41) is 10.0. The van der Waals surface area contributed by atoms with Gasteiger partial charge in [0, 0.05) is 11.5 Å². The smallest absolute Gasteiger partial charge is 0.129 e. The first-order chi connectivity index (χ1) is 7.12. The number of hydrogen-bond acceptors (Lipinski definition) is 1. The number of hydrogen-bond donors (Lipinski definition) is 1. The molecule has 78 valence electrons. The van der Waals surface area contributed by atoms with Crippen molar-refractivity contribution in [1.82, 2.24) is 0 Å². The maximum atomic E-state index is 10.0. The lowest BCUT2D eigenvalue weighted by atomic mass is 10.1. The van der Waals surface area contributed by atoms with E-state index in [1.165, 1.54) is 0 Å². The molecule has 0 radical (unpaired) electrons. The van der Waals surface area contributed by atoms with Crippen LogP contribution in [-0.4, -0.2) is 10.7 Å². The van der Waals surface area contributed by atoms with Crippen molar-refractivity contribution in [2.75, 3.05) is 0 Å². The number of benzene rings is 1. The molecule has 0 unspecified atom stereocenters. The van der Waals surface area contributed by atoms with Gasteiger partial charge in [-0.05, 0) is 24.5 Å². The average Bonchev–Trinajstić information content (AvgIpc) is 2.91. The second kappa shape index (κ2) is 3.72. The lowest BCUT2D eigenvalue weighted by Crippen LogP contribution is -2.10. The van der Waals surface area contributed by atoms with E-state index >= 15 is 0 Å². The Balaban J connectivity index is 2.08. The Morgan fingerprint density at radius 3 is 2.53 bits per heavy atom. The van der Waals surface area contributed by atoms with Crippen LogP contribution in [0.2, 0.25) is 0 Å². The summed E-state index contributed by atoms with van der Waals surface area (Å²) in [4.78, 5) is 0. The van der Waals surface area contributed by atoms with E-state index in [1.807, 2.05) is 30.3 Å². The van der Waals surface area contributed by atoms with Crippen molar-refractivity contribution in [3.63, 3.8) is 0 Å². The lowest BCUT2D eigenvalue weighted by molar-refractivity contribution is 0.180. The average molecular weight is 200 g/mol. The summed E-state index contributed by atoms with van der Waals surface area (Å²) in [6.45, 7) is 4.26. The molecule has 1 fully saturated rings. The Hall–Kier alpha value is -1.26. The molecule has 1 aliphatic rings. The molecule has 0 saturated heterocycles. The summed E-state index contributed by atoms with van der Waals surface area (Å²) < 4.78 is 0. The summed E-state index contributed by atoms with van der Waals surface area (Å²) in [5.41, 5.74) is 0.254. The summed E-state index contributed by atoms with van der Waals surface area (Å²) in [5.74, 6) is 6.89. The van der Waals surface area contributed by atoms with Crippen LogP contribution in [-0.2, 0) is 0 Å². The molecule has 1 aliphatic carbocycles. The molecule has 1 nitrogen and oxygen atoms in total. The van der Waals surface area contributed by atoms with Crippen LogP contribution in [0.1, 0.15) is 25.8 Å². The maximum Gasteiger partial charge on any atom is 0.129 e. The van der Waals surface area contributed by atoms with Gasteiger partial charge in [-0.3, -0.25) is 0 Å². The SMILES string of the molecule is CC(C)[C@@H]1C[C@]1(O)C#Cc1ccccc1. The van der Waals surface area contributed by atoms with E-state index in [-0.39, 0.29) is 0 Å². The third-order valence-electron chi connectivity index (χ3n) is 2.99. The van der Waals surface area contributed by atoms with Gasteiger partial charge < -0.3 is 5.11 Å². The van der Waals surface area contributed by atoms with Crippen LogP contribution in [0.25, 0.3) is 0 Å². The molecule has 0 heterocycles. The molecule has 2 atom stereocenters. The summed E-state index contributed by atoms with van der Waals surface area (Å²) >= 11 is 0. The van der Waals surface area contributed by atoms with Crippen molar-refractivity contribution in [3.05, 3.63) is 35.9 Å². The minimum absolute atomic E-state index is 0.355. The highest BCUT2D eigenvalue weighted by atomic mass is 16.3. The standard InChI is InChI=1S/C14H16O/c1-11(2)13-10-14(13,15)9-8-12-6-4-3-5-7-12/h3-7,11,13,15H,10H2,1-2H3/t13-,14+/m0/s1. The zero-order valence-electron chi connectivity index (χ0n) is 9.20. The Morgan fingerprint density at radius 2 is 2.00 bits per heavy atom. The van der Waals surface area contributed by atoms with E-state index in [1.54, 1.807) is 0 Å². The van der Waals surface area contributed by atoms with E-state index in [4.69, 9.17) is 0 Å². The van der Waals surface area contributed by atoms with Crippen LogP contribution in [0, 0.1) is 23.7 Å². The molecular weight excluding hydrogens is 184 g/mol. The molecule has 0 bridgehead atoms. The van der Waals surface area contributed by atoms with Gasteiger partial charge in [0.1, 0.15) is 5.60 Å². The molecule has 1 saturated carbocycles. The number of aliphatic hydroxyl groups is 1. The molecule has 1 aromatic carbocycles. The van der Waals surface area contributed by atoms with Crippen LogP contribution in [0.3, 0.4) is 0 Å². The van der Waals surface area contributed by atoms with Gasteiger partial charge in [0.2, 0.25) is 0 Å². The molecule has 0 spiro atoms.